The lowest BCUT2D eigenvalue weighted by molar-refractivity contribution is 0.0664. The molecule has 86 valence electrons. The van der Waals surface area contributed by atoms with E-state index in [9.17, 15) is 4.79 Å². The van der Waals surface area contributed by atoms with Crippen LogP contribution in [0.15, 0.2) is 28.7 Å². The molecule has 0 radical (unpaired) electrons. The molecule has 0 atom stereocenters. The monoisotopic (exact) mass is 288 g/mol. The van der Waals surface area contributed by atoms with Gasteiger partial charge in [-0.3, -0.25) is 4.79 Å². The average molecular weight is 289 g/mol. The molecule has 0 unspecified atom stereocenters. The van der Waals surface area contributed by atoms with Crippen LogP contribution >= 0.6 is 15.9 Å². The number of hydrogen-bond donors (Lipinski definition) is 0. The second kappa shape index (κ2) is 4.97. The Morgan fingerprint density at radius 3 is 2.25 bits per heavy atom. The van der Waals surface area contributed by atoms with E-state index < -0.39 is 0 Å². The summed E-state index contributed by atoms with van der Waals surface area (Å²) >= 11 is 3.37. The fourth-order valence-electron chi connectivity index (χ4n) is 1.78. The quantitative estimate of drug-likeness (QED) is 0.787. The van der Waals surface area contributed by atoms with Gasteiger partial charge in [0.1, 0.15) is 0 Å². The number of likely N-dealkylation sites (N-methyl/N-ethyl adjacent to an activating group) is 1. The van der Waals surface area contributed by atoms with Gasteiger partial charge in [0, 0.05) is 36.2 Å². The van der Waals surface area contributed by atoms with Gasteiger partial charge in [-0.05, 0) is 31.3 Å². The number of piperazine rings is 1. The van der Waals surface area contributed by atoms with Crippen LogP contribution < -0.4 is 0 Å². The second-order valence-corrected chi connectivity index (χ2v) is 5.02. The standard InChI is InChI=1S/C12H15BrN2O/c1-14-6-8-15(9-7-14)12(16)10-2-4-11(13)5-3-10/h2-5H,6-9H2,1H3/i2+1,3+1,4+1,5+1,10+1,11+1. The minimum Gasteiger partial charge on any atom is -0.336 e. The molecular formula is C12H15BrN2O. The van der Waals surface area contributed by atoms with Crippen LogP contribution in [-0.4, -0.2) is 48.9 Å². The predicted molar refractivity (Wildman–Crippen MR) is 67.5 cm³/mol. The molecule has 4 heteroatoms. The Hall–Kier alpha value is -0.870. The van der Waals surface area contributed by atoms with Crippen molar-refractivity contribution in [3.05, 3.63) is 34.3 Å². The Morgan fingerprint density at radius 1 is 1.12 bits per heavy atom. The Kier molecular flexibility index (Phi) is 3.61. The number of carbonyl (C=O) groups excluding carboxylic acids is 1. The first-order valence-corrected chi connectivity index (χ1v) is 6.19. The van der Waals surface area contributed by atoms with E-state index in [2.05, 4.69) is 27.9 Å². The summed E-state index contributed by atoms with van der Waals surface area (Å²) in [5, 5.41) is 0. The number of benzene rings is 1. The first kappa shape index (κ1) is 11.6. The number of carbonyl (C=O) groups is 1. The molecule has 0 aromatic heterocycles. The Balaban J connectivity index is 2.05. The Morgan fingerprint density at radius 2 is 1.69 bits per heavy atom. The smallest absolute Gasteiger partial charge is 0.253 e. The molecule has 0 spiro atoms. The van der Waals surface area contributed by atoms with Crippen molar-refractivity contribution in [1.82, 2.24) is 9.80 Å². The van der Waals surface area contributed by atoms with Crippen molar-refractivity contribution in [3.63, 3.8) is 0 Å². The lowest BCUT2D eigenvalue weighted by atomic mass is 10.3. The summed E-state index contributed by atoms with van der Waals surface area (Å²) in [6.07, 6.45) is 0. The van der Waals surface area contributed by atoms with Crippen molar-refractivity contribution in [1.29, 1.82) is 0 Å². The second-order valence-electron chi connectivity index (χ2n) is 4.10. The van der Waals surface area contributed by atoms with Crippen LogP contribution in [0.3, 0.4) is 0 Å². The molecule has 0 bridgehead atoms. The maximum atomic E-state index is 12.1. The number of halogens is 1. The van der Waals surface area contributed by atoms with E-state index in [1.165, 1.54) is 0 Å². The summed E-state index contributed by atoms with van der Waals surface area (Å²) in [6, 6.07) is 7.54. The summed E-state index contributed by atoms with van der Waals surface area (Å²) in [7, 11) is 2.08. The molecule has 1 aromatic rings. The topological polar surface area (TPSA) is 23.6 Å². The van der Waals surface area contributed by atoms with E-state index in [0.29, 0.717) is 0 Å². The third kappa shape index (κ3) is 2.62. The van der Waals surface area contributed by atoms with Crippen LogP contribution in [0.1, 0.15) is 10.4 Å². The van der Waals surface area contributed by atoms with Crippen molar-refractivity contribution in [2.24, 2.45) is 0 Å². The molecule has 16 heavy (non-hydrogen) atoms. The van der Waals surface area contributed by atoms with Crippen molar-refractivity contribution < 1.29 is 4.79 Å². The van der Waals surface area contributed by atoms with Gasteiger partial charge in [-0.15, -0.1) is 0 Å². The SMILES string of the molecule is CN1CCN(C(=O)[13c]2[13cH][13cH][13c](Br)[13cH][13cH]2)CC1. The van der Waals surface area contributed by atoms with Crippen LogP contribution in [-0.2, 0) is 0 Å². The molecule has 3 nitrogen and oxygen atoms in total. The molecule has 1 aromatic carbocycles. The highest BCUT2D eigenvalue weighted by Gasteiger charge is 2.19. The molecule has 0 N–H and O–H groups in total. The zero-order valence-corrected chi connectivity index (χ0v) is 10.9. The number of hydrogen-bond acceptors (Lipinski definition) is 2. The van der Waals surface area contributed by atoms with Gasteiger partial charge in [-0.1, -0.05) is 15.9 Å². The van der Waals surface area contributed by atoms with E-state index in [4.69, 9.17) is 0 Å². The minimum absolute atomic E-state index is 0.139. The fraction of sp³-hybridized carbons (Fsp3) is 0.417. The van der Waals surface area contributed by atoms with Gasteiger partial charge in [0.25, 0.3) is 5.91 Å². The molecule has 0 saturated carbocycles. The normalized spacial score (nSPS) is 17.5. The zero-order valence-electron chi connectivity index (χ0n) is 9.32. The number of rotatable bonds is 1. The first-order chi connectivity index (χ1) is 7.66. The third-order valence-corrected chi connectivity index (χ3v) is 3.41. The molecule has 1 amide bonds. The van der Waals surface area contributed by atoms with Crippen LogP contribution in [0, 0.1) is 0 Å². The van der Waals surface area contributed by atoms with Gasteiger partial charge in [0.15, 0.2) is 0 Å². The summed E-state index contributed by atoms with van der Waals surface area (Å²) in [4.78, 5) is 16.3. The van der Waals surface area contributed by atoms with Crippen LogP contribution in [0.2, 0.25) is 0 Å². The fourth-order valence-corrected chi connectivity index (χ4v) is 2.05. The predicted octanol–water partition coefficient (Wildman–Crippen LogP) is 1.84. The van der Waals surface area contributed by atoms with Crippen molar-refractivity contribution in [3.8, 4) is 0 Å². The highest BCUT2D eigenvalue weighted by molar-refractivity contribution is 9.10. The molecule has 1 heterocycles. The maximum Gasteiger partial charge on any atom is 0.253 e. The highest BCUT2D eigenvalue weighted by atomic mass is 79.9. The van der Waals surface area contributed by atoms with Crippen LogP contribution in [0.5, 0.6) is 0 Å². The molecular weight excluding hydrogens is 274 g/mol. The molecule has 1 aliphatic rings. The largest absolute Gasteiger partial charge is 0.336 e. The van der Waals surface area contributed by atoms with Crippen molar-refractivity contribution >= 4 is 21.8 Å². The van der Waals surface area contributed by atoms with Crippen LogP contribution in [0.25, 0.3) is 0 Å². The zero-order chi connectivity index (χ0) is 11.5. The van der Waals surface area contributed by atoms with E-state index in [0.717, 1.165) is 36.2 Å². The first-order valence-electron chi connectivity index (χ1n) is 5.40. The Bertz CT molecular complexity index is 369. The molecule has 0 aliphatic carbocycles. The molecule has 1 fully saturated rings. The highest BCUT2D eigenvalue weighted by Crippen LogP contribution is 2.13. The molecule has 1 saturated heterocycles. The van der Waals surface area contributed by atoms with E-state index in [1.807, 2.05) is 29.2 Å². The van der Waals surface area contributed by atoms with E-state index in [1.54, 1.807) is 0 Å². The van der Waals surface area contributed by atoms with Crippen molar-refractivity contribution in [2.75, 3.05) is 33.2 Å². The summed E-state index contributed by atoms with van der Waals surface area (Å²) in [5.41, 5.74) is 0.771. The maximum absolute atomic E-state index is 12.1. The van der Waals surface area contributed by atoms with Crippen molar-refractivity contribution in [2.45, 2.75) is 0 Å². The average Bonchev–Trinajstić information content (AvgIpc) is 2.30. The van der Waals surface area contributed by atoms with Gasteiger partial charge in [-0.2, -0.15) is 0 Å². The molecule has 1 aliphatic heterocycles. The Labute approximate surface area is 104 Å². The summed E-state index contributed by atoms with van der Waals surface area (Å²) in [5.74, 6) is 0.139. The number of amides is 1. The van der Waals surface area contributed by atoms with E-state index >= 15 is 0 Å². The molecule has 2 rings (SSSR count). The van der Waals surface area contributed by atoms with Crippen LogP contribution in [0.4, 0.5) is 0 Å². The van der Waals surface area contributed by atoms with Gasteiger partial charge in [0.2, 0.25) is 0 Å². The van der Waals surface area contributed by atoms with Gasteiger partial charge in [0.05, 0.1) is 0 Å². The summed E-state index contributed by atoms with van der Waals surface area (Å²) < 4.78 is 1.00. The summed E-state index contributed by atoms with van der Waals surface area (Å²) in [6.45, 7) is 3.57. The van der Waals surface area contributed by atoms with Gasteiger partial charge >= 0.3 is 0 Å². The lowest BCUT2D eigenvalue weighted by Crippen LogP contribution is -2.47. The minimum atomic E-state index is 0.139. The number of nitrogens with zero attached hydrogens (tertiary/aromatic N) is 2. The van der Waals surface area contributed by atoms with Gasteiger partial charge in [-0.25, -0.2) is 0 Å². The lowest BCUT2D eigenvalue weighted by Gasteiger charge is -2.32. The third-order valence-electron chi connectivity index (χ3n) is 2.88. The van der Waals surface area contributed by atoms with Gasteiger partial charge < -0.3 is 9.80 Å². The van der Waals surface area contributed by atoms with E-state index in [-0.39, 0.29) is 5.91 Å².